The molecule has 6 heteroatoms. The van der Waals surface area contributed by atoms with E-state index in [0.717, 1.165) is 48.6 Å². The number of hydrogen-bond acceptors (Lipinski definition) is 5. The molecule has 1 saturated heterocycles. The number of piperidine rings is 1. The maximum atomic E-state index is 4.70. The monoisotopic (exact) mass is 280 g/mol. The molecule has 6 nitrogen and oxygen atoms in total. The molecule has 106 valence electrons. The summed E-state index contributed by atoms with van der Waals surface area (Å²) in [4.78, 5) is 15.6. The molecule has 1 N–H and O–H groups in total. The number of pyridine rings is 1. The number of fused-ring (bicyclic) bond motifs is 1. The SMILES string of the molecule is c1cnc(N2CCC[C@H](c3ccc4cn[nH]c4n3)C2)nc1. The molecule has 0 radical (unpaired) electrons. The van der Waals surface area contributed by atoms with Gasteiger partial charge in [0.25, 0.3) is 0 Å². The van der Waals surface area contributed by atoms with Crippen LogP contribution in [0.5, 0.6) is 0 Å². The fraction of sp³-hybridized carbons (Fsp3) is 0.333. The van der Waals surface area contributed by atoms with Crippen LogP contribution in [0.1, 0.15) is 24.5 Å². The maximum absolute atomic E-state index is 4.70. The topological polar surface area (TPSA) is 70.6 Å². The Labute approximate surface area is 122 Å². The lowest BCUT2D eigenvalue weighted by atomic mass is 9.94. The van der Waals surface area contributed by atoms with Gasteiger partial charge < -0.3 is 4.90 Å². The maximum Gasteiger partial charge on any atom is 0.225 e. The van der Waals surface area contributed by atoms with E-state index in [1.54, 1.807) is 18.6 Å². The van der Waals surface area contributed by atoms with E-state index in [4.69, 9.17) is 4.98 Å². The molecule has 1 atom stereocenters. The number of hydrogen-bond donors (Lipinski definition) is 1. The van der Waals surface area contributed by atoms with Crippen LogP contribution < -0.4 is 4.90 Å². The summed E-state index contributed by atoms with van der Waals surface area (Å²) in [5, 5.41) is 8.03. The largest absolute Gasteiger partial charge is 0.340 e. The number of nitrogens with one attached hydrogen (secondary N) is 1. The zero-order valence-electron chi connectivity index (χ0n) is 11.6. The molecule has 0 saturated carbocycles. The van der Waals surface area contributed by atoms with Gasteiger partial charge in [0.05, 0.1) is 6.20 Å². The highest BCUT2D eigenvalue weighted by Crippen LogP contribution is 2.28. The van der Waals surface area contributed by atoms with Crippen LogP contribution in [-0.4, -0.2) is 38.2 Å². The lowest BCUT2D eigenvalue weighted by molar-refractivity contribution is 0.496. The summed E-state index contributed by atoms with van der Waals surface area (Å²) < 4.78 is 0. The van der Waals surface area contributed by atoms with Crippen molar-refractivity contribution < 1.29 is 0 Å². The van der Waals surface area contributed by atoms with Gasteiger partial charge in [0.1, 0.15) is 0 Å². The molecule has 1 aliphatic heterocycles. The van der Waals surface area contributed by atoms with Gasteiger partial charge in [-0.3, -0.25) is 5.10 Å². The number of rotatable bonds is 2. The van der Waals surface area contributed by atoms with E-state index in [1.807, 2.05) is 6.07 Å². The van der Waals surface area contributed by atoms with Crippen molar-refractivity contribution in [2.24, 2.45) is 0 Å². The number of nitrogens with zero attached hydrogens (tertiary/aromatic N) is 5. The van der Waals surface area contributed by atoms with Crippen molar-refractivity contribution in [2.45, 2.75) is 18.8 Å². The summed E-state index contributed by atoms with van der Waals surface area (Å²) in [6.45, 7) is 1.92. The van der Waals surface area contributed by atoms with E-state index >= 15 is 0 Å². The molecule has 21 heavy (non-hydrogen) atoms. The number of H-pyrrole nitrogens is 1. The third-order valence-corrected chi connectivity index (χ3v) is 4.00. The highest BCUT2D eigenvalue weighted by atomic mass is 15.3. The van der Waals surface area contributed by atoms with E-state index in [0.29, 0.717) is 5.92 Å². The molecule has 4 heterocycles. The summed E-state index contributed by atoms with van der Waals surface area (Å²) in [6.07, 6.45) is 7.67. The summed E-state index contributed by atoms with van der Waals surface area (Å²) >= 11 is 0. The number of anilines is 1. The average Bonchev–Trinajstić information content (AvgIpc) is 3.03. The van der Waals surface area contributed by atoms with Crippen LogP contribution in [0.25, 0.3) is 11.0 Å². The number of aromatic nitrogens is 5. The van der Waals surface area contributed by atoms with Gasteiger partial charge in [-0.1, -0.05) is 0 Å². The molecule has 0 bridgehead atoms. The van der Waals surface area contributed by atoms with Gasteiger partial charge >= 0.3 is 0 Å². The molecule has 3 aromatic heterocycles. The summed E-state index contributed by atoms with van der Waals surface area (Å²) in [6, 6.07) is 6.04. The first-order valence-corrected chi connectivity index (χ1v) is 7.22. The second kappa shape index (κ2) is 5.12. The van der Waals surface area contributed by atoms with Crippen LogP contribution in [0.15, 0.2) is 36.8 Å². The fourth-order valence-corrected chi connectivity index (χ4v) is 2.92. The van der Waals surface area contributed by atoms with Gasteiger partial charge in [0.15, 0.2) is 5.65 Å². The molecule has 4 rings (SSSR count). The highest BCUT2D eigenvalue weighted by molar-refractivity contribution is 5.73. The Morgan fingerprint density at radius 3 is 3.00 bits per heavy atom. The van der Waals surface area contributed by atoms with Crippen LogP contribution in [0.3, 0.4) is 0 Å². The van der Waals surface area contributed by atoms with E-state index < -0.39 is 0 Å². The van der Waals surface area contributed by atoms with Crippen molar-refractivity contribution in [3.63, 3.8) is 0 Å². The van der Waals surface area contributed by atoms with Gasteiger partial charge in [-0.15, -0.1) is 0 Å². The molecule has 0 aliphatic carbocycles. The molecule has 1 aliphatic rings. The van der Waals surface area contributed by atoms with Crippen LogP contribution in [0.2, 0.25) is 0 Å². The zero-order chi connectivity index (χ0) is 14.1. The number of aromatic amines is 1. The quantitative estimate of drug-likeness (QED) is 0.778. The van der Waals surface area contributed by atoms with Crippen LogP contribution in [-0.2, 0) is 0 Å². The Kier molecular flexibility index (Phi) is 2.99. The van der Waals surface area contributed by atoms with Gasteiger partial charge in [0, 0.05) is 42.5 Å². The second-order valence-electron chi connectivity index (χ2n) is 5.38. The van der Waals surface area contributed by atoms with Crippen LogP contribution >= 0.6 is 0 Å². The summed E-state index contributed by atoms with van der Waals surface area (Å²) in [7, 11) is 0. The van der Waals surface area contributed by atoms with E-state index in [9.17, 15) is 0 Å². The van der Waals surface area contributed by atoms with Gasteiger partial charge in [-0.25, -0.2) is 15.0 Å². The zero-order valence-corrected chi connectivity index (χ0v) is 11.6. The van der Waals surface area contributed by atoms with Crippen molar-refractivity contribution >= 4 is 17.0 Å². The molecule has 0 unspecified atom stereocenters. The molecular formula is C15H16N6. The Morgan fingerprint density at radius 2 is 2.10 bits per heavy atom. The first kappa shape index (κ1) is 12.3. The third-order valence-electron chi connectivity index (χ3n) is 4.00. The third kappa shape index (κ3) is 2.33. The van der Waals surface area contributed by atoms with Gasteiger partial charge in [0.2, 0.25) is 5.95 Å². The molecule has 1 fully saturated rings. The van der Waals surface area contributed by atoms with Crippen molar-refractivity contribution in [2.75, 3.05) is 18.0 Å². The fourth-order valence-electron chi connectivity index (χ4n) is 2.92. The molecule has 3 aromatic rings. The van der Waals surface area contributed by atoms with Gasteiger partial charge in [-0.2, -0.15) is 5.10 Å². The van der Waals surface area contributed by atoms with E-state index in [1.165, 1.54) is 0 Å². The Morgan fingerprint density at radius 1 is 1.19 bits per heavy atom. The van der Waals surface area contributed by atoms with Gasteiger partial charge in [-0.05, 0) is 31.0 Å². The minimum Gasteiger partial charge on any atom is -0.340 e. The summed E-state index contributed by atoms with van der Waals surface area (Å²) in [5.41, 5.74) is 1.98. The predicted molar refractivity (Wildman–Crippen MR) is 80.1 cm³/mol. The lowest BCUT2D eigenvalue weighted by Gasteiger charge is -2.32. The highest BCUT2D eigenvalue weighted by Gasteiger charge is 2.24. The normalized spacial score (nSPS) is 19.0. The van der Waals surface area contributed by atoms with Crippen molar-refractivity contribution in [1.82, 2.24) is 25.1 Å². The van der Waals surface area contributed by atoms with Crippen molar-refractivity contribution in [3.8, 4) is 0 Å². The van der Waals surface area contributed by atoms with Crippen molar-refractivity contribution in [1.29, 1.82) is 0 Å². The molecule has 0 amide bonds. The second-order valence-corrected chi connectivity index (χ2v) is 5.38. The molecule has 0 spiro atoms. The Hall–Kier alpha value is -2.50. The minimum absolute atomic E-state index is 0.412. The summed E-state index contributed by atoms with van der Waals surface area (Å²) in [5.74, 6) is 1.22. The first-order chi connectivity index (χ1) is 10.4. The minimum atomic E-state index is 0.412. The first-order valence-electron chi connectivity index (χ1n) is 7.22. The van der Waals surface area contributed by atoms with E-state index in [-0.39, 0.29) is 0 Å². The lowest BCUT2D eigenvalue weighted by Crippen LogP contribution is -2.35. The predicted octanol–water partition coefficient (Wildman–Crippen LogP) is 2.13. The Balaban J connectivity index is 1.60. The smallest absolute Gasteiger partial charge is 0.225 e. The van der Waals surface area contributed by atoms with Crippen LogP contribution in [0, 0.1) is 0 Å². The van der Waals surface area contributed by atoms with E-state index in [2.05, 4.69) is 37.2 Å². The van der Waals surface area contributed by atoms with Crippen molar-refractivity contribution in [3.05, 3.63) is 42.5 Å². The standard InChI is InChI=1S/C15H16N6/c1-3-12(10-21(8-1)15-16-6-2-7-17-15)13-5-4-11-9-18-20-14(11)19-13/h2,4-7,9,12H,1,3,8,10H2,(H,18,19,20)/t12-/m0/s1. The molecule has 0 aromatic carbocycles. The molecular weight excluding hydrogens is 264 g/mol. The average molecular weight is 280 g/mol. The Bertz CT molecular complexity index is 738. The van der Waals surface area contributed by atoms with Crippen LogP contribution in [0.4, 0.5) is 5.95 Å².